The van der Waals surface area contributed by atoms with Gasteiger partial charge in [-0.25, -0.2) is 0 Å². The summed E-state index contributed by atoms with van der Waals surface area (Å²) in [6.45, 7) is 0.592. The molecule has 0 atom stereocenters. The van der Waals surface area contributed by atoms with Crippen LogP contribution in [0.3, 0.4) is 0 Å². The van der Waals surface area contributed by atoms with Crippen molar-refractivity contribution in [2.24, 2.45) is 0 Å². The lowest BCUT2D eigenvalue weighted by atomic mass is 9.97. The number of carbonyl (C=O) groups is 1. The Bertz CT molecular complexity index is 752. The number of para-hydroxylation sites is 1. The third-order valence-electron chi connectivity index (χ3n) is 4.31. The van der Waals surface area contributed by atoms with E-state index >= 15 is 0 Å². The van der Waals surface area contributed by atoms with Crippen LogP contribution in [-0.4, -0.2) is 29.8 Å². The lowest BCUT2D eigenvalue weighted by Crippen LogP contribution is -2.25. The average Bonchev–Trinajstić information content (AvgIpc) is 3.12. The van der Waals surface area contributed by atoms with Crippen molar-refractivity contribution in [3.63, 3.8) is 0 Å². The van der Waals surface area contributed by atoms with Gasteiger partial charge in [-0.15, -0.1) is 10.2 Å². The van der Waals surface area contributed by atoms with Gasteiger partial charge >= 0.3 is 11.8 Å². The molecule has 132 valence electrons. The molecule has 1 N–H and O–H groups in total. The molecule has 0 saturated heterocycles. The Morgan fingerprint density at radius 1 is 1.28 bits per heavy atom. The van der Waals surface area contributed by atoms with E-state index in [0.717, 1.165) is 30.6 Å². The van der Waals surface area contributed by atoms with E-state index < -0.39 is 0 Å². The van der Waals surface area contributed by atoms with Crippen LogP contribution in [0.15, 0.2) is 40.3 Å². The third-order valence-corrected chi connectivity index (χ3v) is 4.31. The van der Waals surface area contributed by atoms with Crippen LogP contribution in [0.1, 0.15) is 54.2 Å². The van der Waals surface area contributed by atoms with Crippen molar-refractivity contribution in [1.29, 1.82) is 0 Å². The Kier molecular flexibility index (Phi) is 5.82. The largest absolute Gasteiger partial charge is 0.496 e. The van der Waals surface area contributed by atoms with Crippen molar-refractivity contribution in [2.75, 3.05) is 13.7 Å². The van der Waals surface area contributed by atoms with Gasteiger partial charge in [0.25, 0.3) is 0 Å². The van der Waals surface area contributed by atoms with Gasteiger partial charge in [-0.05, 0) is 38.2 Å². The van der Waals surface area contributed by atoms with Crippen LogP contribution < -0.4 is 10.1 Å². The number of methoxy groups -OCH3 is 1. The zero-order valence-electron chi connectivity index (χ0n) is 14.5. The van der Waals surface area contributed by atoms with Gasteiger partial charge < -0.3 is 14.5 Å². The molecule has 0 unspecified atom stereocenters. The minimum Gasteiger partial charge on any atom is -0.496 e. The molecule has 1 amide bonds. The van der Waals surface area contributed by atoms with Gasteiger partial charge in [0, 0.05) is 12.1 Å². The minimum atomic E-state index is -0.324. The minimum absolute atomic E-state index is 0.00233. The van der Waals surface area contributed by atoms with Crippen molar-refractivity contribution in [3.05, 3.63) is 53.3 Å². The molecule has 1 aromatic heterocycles. The molecule has 0 saturated carbocycles. The Morgan fingerprint density at radius 3 is 2.96 bits per heavy atom. The van der Waals surface area contributed by atoms with Gasteiger partial charge in [0.05, 0.1) is 13.5 Å². The van der Waals surface area contributed by atoms with E-state index in [1.807, 2.05) is 24.3 Å². The standard InChI is InChI=1S/C19H23N3O3/c1-24-16-10-6-5-9-15(16)13-17-21-22-19(25-17)18(23)20-12-11-14-7-3-2-4-8-14/h5-7,9-10H,2-4,8,11-13H2,1H3,(H,20,23). The molecule has 2 aromatic rings. The van der Waals surface area contributed by atoms with Gasteiger partial charge in [-0.3, -0.25) is 4.79 Å². The van der Waals surface area contributed by atoms with Crippen molar-refractivity contribution in [1.82, 2.24) is 15.5 Å². The Balaban J connectivity index is 1.53. The average molecular weight is 341 g/mol. The predicted octanol–water partition coefficient (Wildman–Crippen LogP) is 3.29. The number of rotatable bonds is 7. The smallest absolute Gasteiger partial charge is 0.308 e. The van der Waals surface area contributed by atoms with E-state index in [-0.39, 0.29) is 11.8 Å². The number of hydrogen-bond donors (Lipinski definition) is 1. The third kappa shape index (κ3) is 4.68. The first kappa shape index (κ1) is 17.2. The van der Waals surface area contributed by atoms with Crippen LogP contribution in [0, 0.1) is 0 Å². The highest BCUT2D eigenvalue weighted by atomic mass is 16.5. The van der Waals surface area contributed by atoms with Crippen LogP contribution in [0.4, 0.5) is 0 Å². The summed E-state index contributed by atoms with van der Waals surface area (Å²) in [4.78, 5) is 12.1. The van der Waals surface area contributed by atoms with Crippen molar-refractivity contribution >= 4 is 5.91 Å². The molecule has 1 heterocycles. The molecule has 6 heteroatoms. The van der Waals surface area contributed by atoms with E-state index in [1.54, 1.807) is 7.11 Å². The van der Waals surface area contributed by atoms with Gasteiger partial charge in [0.1, 0.15) is 5.75 Å². The summed E-state index contributed by atoms with van der Waals surface area (Å²) in [7, 11) is 1.62. The summed E-state index contributed by atoms with van der Waals surface area (Å²) < 4.78 is 10.8. The van der Waals surface area contributed by atoms with Gasteiger partial charge in [-0.1, -0.05) is 29.8 Å². The topological polar surface area (TPSA) is 77.2 Å². The van der Waals surface area contributed by atoms with Gasteiger partial charge in [0.15, 0.2) is 0 Å². The second-order valence-electron chi connectivity index (χ2n) is 6.10. The summed E-state index contributed by atoms with van der Waals surface area (Å²) in [6.07, 6.45) is 8.40. The highest BCUT2D eigenvalue weighted by Crippen LogP contribution is 2.21. The molecule has 1 aliphatic rings. The first-order valence-electron chi connectivity index (χ1n) is 8.66. The van der Waals surface area contributed by atoms with Crippen molar-refractivity contribution < 1.29 is 13.9 Å². The van der Waals surface area contributed by atoms with E-state index in [1.165, 1.54) is 18.4 Å². The van der Waals surface area contributed by atoms with Crippen LogP contribution in [0.2, 0.25) is 0 Å². The molecule has 0 fully saturated rings. The summed E-state index contributed by atoms with van der Waals surface area (Å²) in [5.41, 5.74) is 2.36. The molecule has 1 aliphatic carbocycles. The molecule has 0 bridgehead atoms. The van der Waals surface area contributed by atoms with Crippen LogP contribution >= 0.6 is 0 Å². The number of hydrogen-bond acceptors (Lipinski definition) is 5. The van der Waals surface area contributed by atoms with Crippen LogP contribution in [-0.2, 0) is 6.42 Å². The van der Waals surface area contributed by atoms with E-state index in [2.05, 4.69) is 21.6 Å². The zero-order chi connectivity index (χ0) is 17.5. The number of amides is 1. The first-order valence-corrected chi connectivity index (χ1v) is 8.66. The highest BCUT2D eigenvalue weighted by Gasteiger charge is 2.16. The zero-order valence-corrected chi connectivity index (χ0v) is 14.5. The molecule has 3 rings (SSSR count). The number of carbonyl (C=O) groups excluding carboxylic acids is 1. The normalized spacial score (nSPS) is 14.0. The number of nitrogens with one attached hydrogen (secondary N) is 1. The van der Waals surface area contributed by atoms with Crippen LogP contribution in [0.5, 0.6) is 5.75 Å². The molecular formula is C19H23N3O3. The number of benzene rings is 1. The molecular weight excluding hydrogens is 318 g/mol. The first-order chi connectivity index (χ1) is 12.3. The van der Waals surface area contributed by atoms with E-state index in [9.17, 15) is 4.79 Å². The number of nitrogens with zero attached hydrogens (tertiary/aromatic N) is 2. The maximum atomic E-state index is 12.1. The number of allylic oxidation sites excluding steroid dienone is 1. The fraction of sp³-hybridized carbons (Fsp3) is 0.421. The van der Waals surface area contributed by atoms with E-state index in [4.69, 9.17) is 9.15 Å². The molecule has 0 spiro atoms. The fourth-order valence-corrected chi connectivity index (χ4v) is 2.97. The Morgan fingerprint density at radius 2 is 2.16 bits per heavy atom. The Labute approximate surface area is 147 Å². The number of aromatic nitrogens is 2. The molecule has 1 aromatic carbocycles. The number of ether oxygens (including phenoxy) is 1. The van der Waals surface area contributed by atoms with Crippen molar-refractivity contribution in [2.45, 2.75) is 38.5 Å². The fourth-order valence-electron chi connectivity index (χ4n) is 2.97. The summed E-state index contributed by atoms with van der Waals surface area (Å²) in [5, 5.41) is 10.7. The lowest BCUT2D eigenvalue weighted by molar-refractivity contribution is 0.0917. The quantitative estimate of drug-likeness (QED) is 0.782. The second-order valence-corrected chi connectivity index (χ2v) is 6.10. The highest BCUT2D eigenvalue weighted by molar-refractivity contribution is 5.89. The molecule has 25 heavy (non-hydrogen) atoms. The van der Waals surface area contributed by atoms with E-state index in [0.29, 0.717) is 18.9 Å². The second kappa shape index (κ2) is 8.46. The SMILES string of the molecule is COc1ccccc1Cc1nnc(C(=O)NCCC2=CCCCC2)o1. The molecule has 0 aliphatic heterocycles. The predicted molar refractivity (Wildman–Crippen MR) is 93.6 cm³/mol. The van der Waals surface area contributed by atoms with Gasteiger partial charge in [-0.2, -0.15) is 0 Å². The summed E-state index contributed by atoms with van der Waals surface area (Å²) in [6, 6.07) is 7.62. The summed E-state index contributed by atoms with van der Waals surface area (Å²) in [5.74, 6) is 0.829. The summed E-state index contributed by atoms with van der Waals surface area (Å²) >= 11 is 0. The molecule has 0 radical (unpaired) electrons. The molecule has 6 nitrogen and oxygen atoms in total. The maximum Gasteiger partial charge on any atom is 0.308 e. The van der Waals surface area contributed by atoms with Crippen molar-refractivity contribution in [3.8, 4) is 5.75 Å². The lowest BCUT2D eigenvalue weighted by Gasteiger charge is -2.12. The van der Waals surface area contributed by atoms with Crippen LogP contribution in [0.25, 0.3) is 0 Å². The Hall–Kier alpha value is -2.63. The monoisotopic (exact) mass is 341 g/mol. The van der Waals surface area contributed by atoms with Gasteiger partial charge in [0.2, 0.25) is 5.89 Å². The maximum absolute atomic E-state index is 12.1.